The summed E-state index contributed by atoms with van der Waals surface area (Å²) < 4.78 is 1.72. The number of halogens is 1. The van der Waals surface area contributed by atoms with Gasteiger partial charge in [-0.25, -0.2) is 4.98 Å². The van der Waals surface area contributed by atoms with Crippen LogP contribution in [0.3, 0.4) is 0 Å². The molecule has 0 aliphatic heterocycles. The molecule has 1 amide bonds. The van der Waals surface area contributed by atoms with Crippen LogP contribution in [0.4, 0.5) is 0 Å². The number of hydrogen-bond donors (Lipinski definition) is 2. The molecule has 0 saturated heterocycles. The molecule has 0 saturated carbocycles. The molecule has 1 atom stereocenters. The Balaban J connectivity index is 0.00000169. The van der Waals surface area contributed by atoms with Gasteiger partial charge < -0.3 is 15.6 Å². The fourth-order valence-corrected chi connectivity index (χ4v) is 0.887. The van der Waals surface area contributed by atoms with Crippen LogP contribution in [0.5, 0.6) is 0 Å². The zero-order valence-electron chi connectivity index (χ0n) is 8.23. The quantitative estimate of drug-likeness (QED) is 0.746. The van der Waals surface area contributed by atoms with E-state index in [1.807, 2.05) is 14.0 Å². The van der Waals surface area contributed by atoms with Gasteiger partial charge in [0.25, 0.3) is 5.91 Å². The first kappa shape index (κ1) is 12.9. The predicted octanol–water partition coefficient (Wildman–Crippen LogP) is -0.0811. The van der Waals surface area contributed by atoms with Crippen LogP contribution >= 0.6 is 12.4 Å². The number of imidazole rings is 1. The lowest BCUT2D eigenvalue weighted by molar-refractivity contribution is 0.0936. The molecule has 0 bridgehead atoms. The normalized spacial score (nSPS) is 11.6. The van der Waals surface area contributed by atoms with Gasteiger partial charge in [-0.05, 0) is 6.92 Å². The van der Waals surface area contributed by atoms with E-state index in [2.05, 4.69) is 10.3 Å². The summed E-state index contributed by atoms with van der Waals surface area (Å²) in [6.45, 7) is 2.28. The number of carbonyl (C=O) groups is 1. The molecule has 0 fully saturated rings. The van der Waals surface area contributed by atoms with E-state index in [0.717, 1.165) is 0 Å². The number of amides is 1. The van der Waals surface area contributed by atoms with Gasteiger partial charge in [0.2, 0.25) is 0 Å². The van der Waals surface area contributed by atoms with Gasteiger partial charge in [-0.1, -0.05) is 0 Å². The monoisotopic (exact) mass is 218 g/mol. The van der Waals surface area contributed by atoms with Crippen LogP contribution in [0.1, 0.15) is 17.4 Å². The minimum absolute atomic E-state index is 0. The highest BCUT2D eigenvalue weighted by molar-refractivity contribution is 5.92. The number of nitrogens with two attached hydrogens (primary N) is 1. The van der Waals surface area contributed by atoms with Gasteiger partial charge in [-0.15, -0.1) is 12.4 Å². The Labute approximate surface area is 89.1 Å². The number of nitrogens with one attached hydrogen (secondary N) is 1. The van der Waals surface area contributed by atoms with Crippen molar-refractivity contribution >= 4 is 18.3 Å². The molecule has 0 spiro atoms. The summed E-state index contributed by atoms with van der Waals surface area (Å²) in [6.07, 6.45) is 3.25. The van der Waals surface area contributed by atoms with Crippen LogP contribution in [-0.2, 0) is 7.05 Å². The molecule has 14 heavy (non-hydrogen) atoms. The van der Waals surface area contributed by atoms with E-state index >= 15 is 0 Å². The zero-order chi connectivity index (χ0) is 9.84. The largest absolute Gasteiger partial charge is 0.347 e. The van der Waals surface area contributed by atoms with E-state index in [1.165, 1.54) is 0 Å². The molecule has 1 rings (SSSR count). The number of aromatic nitrogens is 2. The Morgan fingerprint density at radius 2 is 2.43 bits per heavy atom. The minimum atomic E-state index is -0.182. The van der Waals surface area contributed by atoms with Crippen molar-refractivity contribution in [3.05, 3.63) is 18.2 Å². The third-order valence-electron chi connectivity index (χ3n) is 1.67. The lowest BCUT2D eigenvalue weighted by atomic mass is 10.3. The highest BCUT2D eigenvalue weighted by Gasteiger charge is 2.10. The van der Waals surface area contributed by atoms with Gasteiger partial charge in [-0.2, -0.15) is 0 Å². The molecule has 0 aliphatic rings. The number of rotatable bonds is 3. The van der Waals surface area contributed by atoms with Gasteiger partial charge in [0.15, 0.2) is 0 Å². The molecule has 3 N–H and O–H groups in total. The van der Waals surface area contributed by atoms with Crippen molar-refractivity contribution in [1.29, 1.82) is 0 Å². The Morgan fingerprint density at radius 1 is 1.79 bits per heavy atom. The van der Waals surface area contributed by atoms with Crippen molar-refractivity contribution in [3.63, 3.8) is 0 Å². The highest BCUT2D eigenvalue weighted by atomic mass is 35.5. The summed E-state index contributed by atoms with van der Waals surface area (Å²) in [5, 5.41) is 2.72. The highest BCUT2D eigenvalue weighted by Crippen LogP contribution is 1.94. The standard InChI is InChI=1S/C8H14N4O.ClH/c1-6(3-9)11-8(13)7-4-12(2)5-10-7;/h4-6H,3,9H2,1-2H3,(H,11,13);1H/t6-;/m0./s1. The van der Waals surface area contributed by atoms with Crippen LogP contribution in [-0.4, -0.2) is 28.0 Å². The van der Waals surface area contributed by atoms with Crippen molar-refractivity contribution in [2.24, 2.45) is 12.8 Å². The van der Waals surface area contributed by atoms with Gasteiger partial charge in [0.05, 0.1) is 6.33 Å². The third kappa shape index (κ3) is 3.35. The molecule has 0 unspecified atom stereocenters. The van der Waals surface area contributed by atoms with Crippen LogP contribution in [0, 0.1) is 0 Å². The van der Waals surface area contributed by atoms with Crippen molar-refractivity contribution in [3.8, 4) is 0 Å². The van der Waals surface area contributed by atoms with Crippen molar-refractivity contribution in [1.82, 2.24) is 14.9 Å². The van der Waals surface area contributed by atoms with Crippen LogP contribution in [0.15, 0.2) is 12.5 Å². The first-order chi connectivity index (χ1) is 6.13. The lowest BCUT2D eigenvalue weighted by Crippen LogP contribution is -2.37. The third-order valence-corrected chi connectivity index (χ3v) is 1.67. The smallest absolute Gasteiger partial charge is 0.271 e. The van der Waals surface area contributed by atoms with E-state index in [9.17, 15) is 4.79 Å². The molecule has 0 aromatic carbocycles. The van der Waals surface area contributed by atoms with Crippen molar-refractivity contribution in [2.75, 3.05) is 6.54 Å². The maximum atomic E-state index is 11.4. The average molecular weight is 219 g/mol. The van der Waals surface area contributed by atoms with Crippen LogP contribution < -0.4 is 11.1 Å². The summed E-state index contributed by atoms with van der Waals surface area (Å²) in [4.78, 5) is 15.3. The Bertz CT molecular complexity index is 299. The van der Waals surface area contributed by atoms with Gasteiger partial charge >= 0.3 is 0 Å². The van der Waals surface area contributed by atoms with E-state index in [-0.39, 0.29) is 24.4 Å². The maximum Gasteiger partial charge on any atom is 0.271 e. The lowest BCUT2D eigenvalue weighted by Gasteiger charge is -2.08. The molecule has 5 nitrogen and oxygen atoms in total. The van der Waals surface area contributed by atoms with Gasteiger partial charge in [0.1, 0.15) is 5.69 Å². The minimum Gasteiger partial charge on any atom is -0.347 e. The predicted molar refractivity (Wildman–Crippen MR) is 56.4 cm³/mol. The van der Waals surface area contributed by atoms with E-state index < -0.39 is 0 Å². The molecular weight excluding hydrogens is 204 g/mol. The summed E-state index contributed by atoms with van der Waals surface area (Å²) in [5.74, 6) is -0.182. The van der Waals surface area contributed by atoms with Gasteiger partial charge in [0, 0.05) is 25.8 Å². The molecule has 0 radical (unpaired) electrons. The van der Waals surface area contributed by atoms with E-state index in [1.54, 1.807) is 17.1 Å². The summed E-state index contributed by atoms with van der Waals surface area (Å²) in [5.41, 5.74) is 5.78. The van der Waals surface area contributed by atoms with E-state index in [0.29, 0.717) is 12.2 Å². The Kier molecular flexibility index (Phi) is 5.19. The number of aryl methyl sites for hydroxylation is 1. The zero-order valence-corrected chi connectivity index (χ0v) is 9.04. The number of carbonyl (C=O) groups excluding carboxylic acids is 1. The van der Waals surface area contributed by atoms with E-state index in [4.69, 9.17) is 5.73 Å². The number of hydrogen-bond acceptors (Lipinski definition) is 3. The van der Waals surface area contributed by atoms with Crippen molar-refractivity contribution < 1.29 is 4.79 Å². The fourth-order valence-electron chi connectivity index (χ4n) is 0.887. The molecule has 1 aromatic rings. The van der Waals surface area contributed by atoms with Crippen LogP contribution in [0.25, 0.3) is 0 Å². The Morgan fingerprint density at radius 3 is 2.86 bits per heavy atom. The molecular formula is C8H15ClN4O. The summed E-state index contributed by atoms with van der Waals surface area (Å²) in [7, 11) is 1.82. The topological polar surface area (TPSA) is 72.9 Å². The fraction of sp³-hybridized carbons (Fsp3) is 0.500. The molecule has 6 heteroatoms. The summed E-state index contributed by atoms with van der Waals surface area (Å²) >= 11 is 0. The average Bonchev–Trinajstić information content (AvgIpc) is 2.51. The second-order valence-electron chi connectivity index (χ2n) is 3.03. The SMILES string of the molecule is C[C@@H](CN)NC(=O)c1cn(C)cn1.Cl. The first-order valence-corrected chi connectivity index (χ1v) is 4.12. The maximum absolute atomic E-state index is 11.4. The van der Waals surface area contributed by atoms with Crippen molar-refractivity contribution in [2.45, 2.75) is 13.0 Å². The molecule has 1 heterocycles. The summed E-state index contributed by atoms with van der Waals surface area (Å²) in [6, 6.07) is -0.0190. The molecule has 0 aliphatic carbocycles. The van der Waals surface area contributed by atoms with Gasteiger partial charge in [-0.3, -0.25) is 4.79 Å². The first-order valence-electron chi connectivity index (χ1n) is 4.12. The Hall–Kier alpha value is -1.07. The van der Waals surface area contributed by atoms with Crippen LogP contribution in [0.2, 0.25) is 0 Å². The second kappa shape index (κ2) is 5.62. The molecule has 1 aromatic heterocycles. The number of nitrogens with zero attached hydrogens (tertiary/aromatic N) is 2. The molecule has 80 valence electrons. The second-order valence-corrected chi connectivity index (χ2v) is 3.03.